The van der Waals surface area contributed by atoms with E-state index in [-0.39, 0.29) is 23.4 Å². The van der Waals surface area contributed by atoms with Gasteiger partial charge in [-0.2, -0.15) is 0 Å². The molecular formula is C17H18FN3O2S. The number of amides is 1. The molecule has 1 amide bonds. The van der Waals surface area contributed by atoms with Crippen molar-refractivity contribution in [2.45, 2.75) is 0 Å². The number of likely N-dealkylation sites (N-methyl/N-ethyl adjacent to an activating group) is 1. The lowest BCUT2D eigenvalue weighted by Crippen LogP contribution is -2.39. The number of benzene rings is 2. The van der Waals surface area contributed by atoms with Gasteiger partial charge in [0.15, 0.2) is 5.11 Å². The van der Waals surface area contributed by atoms with Crippen LogP contribution in [0.2, 0.25) is 0 Å². The van der Waals surface area contributed by atoms with Crippen LogP contribution < -0.4 is 20.3 Å². The number of nitrogens with zero attached hydrogens (tertiary/aromatic N) is 1. The van der Waals surface area contributed by atoms with Crippen LogP contribution in [0.25, 0.3) is 0 Å². The van der Waals surface area contributed by atoms with Crippen molar-refractivity contribution in [3.8, 4) is 5.75 Å². The molecule has 0 aliphatic carbocycles. The van der Waals surface area contributed by atoms with Crippen molar-refractivity contribution in [3.63, 3.8) is 0 Å². The van der Waals surface area contributed by atoms with Crippen LogP contribution in [0.4, 0.5) is 15.8 Å². The third kappa shape index (κ3) is 4.92. The Kier molecular flexibility index (Phi) is 6.08. The van der Waals surface area contributed by atoms with Gasteiger partial charge in [-0.3, -0.25) is 4.79 Å². The predicted octanol–water partition coefficient (Wildman–Crippen LogP) is 2.78. The van der Waals surface area contributed by atoms with Crippen molar-refractivity contribution in [2.75, 3.05) is 30.9 Å². The van der Waals surface area contributed by atoms with Gasteiger partial charge >= 0.3 is 0 Å². The normalized spacial score (nSPS) is 9.96. The van der Waals surface area contributed by atoms with E-state index >= 15 is 0 Å². The van der Waals surface area contributed by atoms with Crippen LogP contribution in [0.5, 0.6) is 5.75 Å². The number of hydrogen-bond acceptors (Lipinski definition) is 3. The van der Waals surface area contributed by atoms with E-state index in [1.807, 2.05) is 0 Å². The van der Waals surface area contributed by atoms with Gasteiger partial charge < -0.3 is 20.3 Å². The Morgan fingerprint density at radius 3 is 2.38 bits per heavy atom. The van der Waals surface area contributed by atoms with Gasteiger partial charge in [-0.15, -0.1) is 0 Å². The number of carbonyl (C=O) groups is 1. The Bertz CT molecular complexity index is 705. The lowest BCUT2D eigenvalue weighted by atomic mass is 10.3. The number of nitrogens with one attached hydrogen (secondary N) is 2. The summed E-state index contributed by atoms with van der Waals surface area (Å²) in [4.78, 5) is 13.7. The minimum Gasteiger partial charge on any atom is -0.497 e. The Hall–Kier alpha value is -2.67. The molecule has 2 rings (SSSR count). The largest absolute Gasteiger partial charge is 0.497 e. The average molecular weight is 347 g/mol. The van der Waals surface area contributed by atoms with Crippen molar-refractivity contribution in [3.05, 3.63) is 54.3 Å². The third-order valence-corrected chi connectivity index (χ3v) is 3.58. The van der Waals surface area contributed by atoms with Crippen LogP contribution in [0.1, 0.15) is 0 Å². The molecular weight excluding hydrogens is 329 g/mol. The molecule has 2 aromatic carbocycles. The highest BCUT2D eigenvalue weighted by Gasteiger charge is 2.11. The summed E-state index contributed by atoms with van der Waals surface area (Å²) in [5, 5.41) is 6.00. The highest BCUT2D eigenvalue weighted by molar-refractivity contribution is 7.80. The van der Waals surface area contributed by atoms with Crippen LogP contribution >= 0.6 is 12.2 Å². The van der Waals surface area contributed by atoms with Gasteiger partial charge in [-0.05, 0) is 60.7 Å². The second kappa shape index (κ2) is 8.26. The van der Waals surface area contributed by atoms with E-state index in [4.69, 9.17) is 17.0 Å². The maximum Gasteiger partial charge on any atom is 0.246 e. The van der Waals surface area contributed by atoms with E-state index in [1.165, 1.54) is 17.0 Å². The molecule has 5 nitrogen and oxygen atoms in total. The monoisotopic (exact) mass is 347 g/mol. The van der Waals surface area contributed by atoms with E-state index in [1.54, 1.807) is 50.6 Å². The van der Waals surface area contributed by atoms with E-state index < -0.39 is 0 Å². The highest BCUT2D eigenvalue weighted by atomic mass is 32.1. The molecule has 0 unspecified atom stereocenters. The molecule has 2 N–H and O–H groups in total. The molecule has 2 aromatic rings. The van der Waals surface area contributed by atoms with Crippen LogP contribution in [-0.2, 0) is 4.79 Å². The number of anilines is 2. The van der Waals surface area contributed by atoms with Crippen molar-refractivity contribution >= 4 is 34.6 Å². The number of carbonyl (C=O) groups excluding carboxylic acids is 1. The van der Waals surface area contributed by atoms with Gasteiger partial charge in [-0.25, -0.2) is 4.39 Å². The molecule has 0 aliphatic rings. The fourth-order valence-electron chi connectivity index (χ4n) is 1.93. The fourth-order valence-corrected chi connectivity index (χ4v) is 2.12. The summed E-state index contributed by atoms with van der Waals surface area (Å²) < 4.78 is 17.9. The lowest BCUT2D eigenvalue weighted by molar-refractivity contribution is -0.117. The molecule has 0 fully saturated rings. The van der Waals surface area contributed by atoms with Gasteiger partial charge in [0.1, 0.15) is 11.6 Å². The Morgan fingerprint density at radius 2 is 1.79 bits per heavy atom. The molecule has 126 valence electrons. The molecule has 24 heavy (non-hydrogen) atoms. The second-order valence-corrected chi connectivity index (χ2v) is 5.37. The van der Waals surface area contributed by atoms with Crippen LogP contribution in [0, 0.1) is 5.82 Å². The zero-order chi connectivity index (χ0) is 17.5. The molecule has 0 saturated carbocycles. The van der Waals surface area contributed by atoms with E-state index in [0.717, 1.165) is 11.4 Å². The summed E-state index contributed by atoms with van der Waals surface area (Å²) in [6.07, 6.45) is 0. The first-order chi connectivity index (χ1) is 11.5. The quantitative estimate of drug-likeness (QED) is 0.815. The zero-order valence-electron chi connectivity index (χ0n) is 13.4. The summed E-state index contributed by atoms with van der Waals surface area (Å²) >= 11 is 5.12. The summed E-state index contributed by atoms with van der Waals surface area (Å²) in [6.45, 7) is 0.0373. The van der Waals surface area contributed by atoms with Gasteiger partial charge in [0.05, 0.1) is 13.7 Å². The maximum atomic E-state index is 12.8. The first-order valence-corrected chi connectivity index (χ1v) is 7.61. The molecule has 7 heteroatoms. The number of halogens is 1. The standard InChI is InChI=1S/C17H18FN3O2S/c1-21(14-7-9-15(23-2)10-8-14)16(22)11-19-17(24)20-13-5-3-12(18)4-6-13/h3-10H,11H2,1-2H3,(H2,19,20,24). The van der Waals surface area contributed by atoms with Crippen LogP contribution in [-0.4, -0.2) is 31.7 Å². The van der Waals surface area contributed by atoms with Gasteiger partial charge in [-0.1, -0.05) is 0 Å². The van der Waals surface area contributed by atoms with Crippen molar-refractivity contribution in [2.24, 2.45) is 0 Å². The molecule has 0 heterocycles. The molecule has 0 aliphatic heterocycles. The summed E-state index contributed by atoms with van der Waals surface area (Å²) in [5.41, 5.74) is 1.39. The first-order valence-electron chi connectivity index (χ1n) is 7.20. The molecule has 0 bridgehead atoms. The molecule has 0 atom stereocenters. The van der Waals surface area contributed by atoms with Gasteiger partial charge in [0.2, 0.25) is 5.91 Å². The summed E-state index contributed by atoms with van der Waals surface area (Å²) in [7, 11) is 3.27. The second-order valence-electron chi connectivity index (χ2n) is 4.97. The average Bonchev–Trinajstić information content (AvgIpc) is 2.61. The van der Waals surface area contributed by atoms with E-state index in [0.29, 0.717) is 5.69 Å². The zero-order valence-corrected chi connectivity index (χ0v) is 14.2. The number of hydrogen-bond donors (Lipinski definition) is 2. The predicted molar refractivity (Wildman–Crippen MR) is 97.0 cm³/mol. The number of ether oxygens (including phenoxy) is 1. The SMILES string of the molecule is COc1ccc(N(C)C(=O)CNC(=S)Nc2ccc(F)cc2)cc1. The third-order valence-electron chi connectivity index (χ3n) is 3.34. The minimum atomic E-state index is -0.323. The number of methoxy groups -OCH3 is 1. The first kappa shape index (κ1) is 17.7. The summed E-state index contributed by atoms with van der Waals surface area (Å²) in [6, 6.07) is 12.9. The molecule has 0 aromatic heterocycles. The van der Waals surface area contributed by atoms with E-state index in [9.17, 15) is 9.18 Å². The Morgan fingerprint density at radius 1 is 1.17 bits per heavy atom. The van der Waals surface area contributed by atoms with Crippen LogP contribution in [0.3, 0.4) is 0 Å². The fraction of sp³-hybridized carbons (Fsp3) is 0.176. The number of thiocarbonyl (C=S) groups is 1. The Labute approximate surface area is 145 Å². The highest BCUT2D eigenvalue weighted by Crippen LogP contribution is 2.18. The topological polar surface area (TPSA) is 53.6 Å². The lowest BCUT2D eigenvalue weighted by Gasteiger charge is -2.18. The van der Waals surface area contributed by atoms with Gasteiger partial charge in [0.25, 0.3) is 0 Å². The molecule has 0 radical (unpaired) electrons. The van der Waals surface area contributed by atoms with Crippen molar-refractivity contribution in [1.82, 2.24) is 5.32 Å². The Balaban J connectivity index is 1.84. The maximum absolute atomic E-state index is 12.8. The van der Waals surface area contributed by atoms with E-state index in [2.05, 4.69) is 10.6 Å². The van der Waals surface area contributed by atoms with Crippen LogP contribution in [0.15, 0.2) is 48.5 Å². The minimum absolute atomic E-state index is 0.0373. The van der Waals surface area contributed by atoms with Gasteiger partial charge in [0, 0.05) is 18.4 Å². The smallest absolute Gasteiger partial charge is 0.246 e. The molecule has 0 saturated heterocycles. The molecule has 0 spiro atoms. The van der Waals surface area contributed by atoms with Crippen molar-refractivity contribution in [1.29, 1.82) is 0 Å². The summed E-state index contributed by atoms with van der Waals surface area (Å²) in [5.74, 6) is 0.251. The van der Waals surface area contributed by atoms with Crippen molar-refractivity contribution < 1.29 is 13.9 Å². The number of rotatable bonds is 5.